The average molecular weight is 715 g/mol. The van der Waals surface area contributed by atoms with Crippen LogP contribution >= 0.6 is 0 Å². The summed E-state index contributed by atoms with van der Waals surface area (Å²) in [5.74, 6) is 8.00. The molecule has 0 saturated carbocycles. The maximum absolute atomic E-state index is 6.36. The summed E-state index contributed by atoms with van der Waals surface area (Å²) in [4.78, 5) is 2.28. The molecule has 0 aliphatic carbocycles. The summed E-state index contributed by atoms with van der Waals surface area (Å²) in [6.07, 6.45) is 5.32. The highest BCUT2D eigenvalue weighted by Gasteiger charge is 2.21. The Kier molecular flexibility index (Phi) is 9.96. The van der Waals surface area contributed by atoms with Gasteiger partial charge in [0.25, 0.3) is 0 Å². The first-order chi connectivity index (χ1) is 27.1. The third-order valence-electron chi connectivity index (χ3n) is 10.0. The van der Waals surface area contributed by atoms with Crippen LogP contribution in [-0.4, -0.2) is 4.57 Å². The fourth-order valence-corrected chi connectivity index (χ4v) is 7.42. The molecule has 0 saturated heterocycles. The van der Waals surface area contributed by atoms with Crippen molar-refractivity contribution in [1.82, 2.24) is 4.57 Å². The van der Waals surface area contributed by atoms with Gasteiger partial charge in [-0.3, -0.25) is 11.7 Å². The Morgan fingerprint density at radius 3 is 1.82 bits per heavy atom. The molecule has 10 rings (SSSR count). The van der Waals surface area contributed by atoms with Crippen LogP contribution in [0.3, 0.4) is 0 Å². The molecule has 268 valence electrons. The van der Waals surface area contributed by atoms with Crippen LogP contribution in [0.2, 0.25) is 0 Å². The zero-order valence-electron chi connectivity index (χ0n) is 30.8. The molecule has 4 N–H and O–H groups in total. The summed E-state index contributed by atoms with van der Waals surface area (Å²) < 4.78 is 8.72. The number of furan rings is 1. The van der Waals surface area contributed by atoms with Gasteiger partial charge in [0, 0.05) is 44.5 Å². The van der Waals surface area contributed by atoms with Crippen molar-refractivity contribution in [2.45, 2.75) is 13.3 Å². The molecule has 5 heteroatoms. The monoisotopic (exact) mass is 714 g/mol. The summed E-state index contributed by atoms with van der Waals surface area (Å²) >= 11 is 0. The van der Waals surface area contributed by atoms with Gasteiger partial charge in [-0.25, -0.2) is 0 Å². The highest BCUT2D eigenvalue weighted by atomic mass is 16.3. The predicted octanol–water partition coefficient (Wildman–Crippen LogP) is 10.3. The fraction of sp³-hybridized carbons (Fsp3) is 0.0400. The van der Waals surface area contributed by atoms with Crippen LogP contribution in [0.15, 0.2) is 187 Å². The number of para-hydroxylation sites is 3. The van der Waals surface area contributed by atoms with E-state index in [0.29, 0.717) is 0 Å². The number of aryl methyl sites for hydroxylation is 1. The van der Waals surface area contributed by atoms with E-state index in [9.17, 15) is 0 Å². The third-order valence-corrected chi connectivity index (χ3v) is 10.0. The van der Waals surface area contributed by atoms with Crippen molar-refractivity contribution in [2.24, 2.45) is 11.7 Å². The van der Waals surface area contributed by atoms with Gasteiger partial charge in [-0.2, -0.15) is 0 Å². The maximum atomic E-state index is 6.36. The second-order valence-electron chi connectivity index (χ2n) is 13.6. The van der Waals surface area contributed by atoms with Crippen molar-refractivity contribution >= 4 is 62.0 Å². The van der Waals surface area contributed by atoms with Gasteiger partial charge < -0.3 is 13.9 Å². The van der Waals surface area contributed by atoms with E-state index >= 15 is 0 Å². The van der Waals surface area contributed by atoms with Gasteiger partial charge in [-0.15, -0.1) is 0 Å². The molecular formula is C50H42N4O. The number of hydrogen-bond donors (Lipinski definition) is 2. The summed E-state index contributed by atoms with van der Waals surface area (Å²) in [5, 5.41) is 4.56. The highest BCUT2D eigenvalue weighted by molar-refractivity contribution is 6.13. The minimum absolute atomic E-state index is 0.817. The Morgan fingerprint density at radius 1 is 0.564 bits per heavy atom. The number of benzene rings is 7. The first-order valence-corrected chi connectivity index (χ1v) is 18.4. The fourth-order valence-electron chi connectivity index (χ4n) is 7.42. The number of hydrogen-bond acceptors (Lipinski definition) is 4. The van der Waals surface area contributed by atoms with Crippen LogP contribution in [0.5, 0.6) is 0 Å². The number of aromatic nitrogens is 1. The molecule has 0 fully saturated rings. The van der Waals surface area contributed by atoms with Crippen LogP contribution in [0.1, 0.15) is 22.3 Å². The van der Waals surface area contributed by atoms with Gasteiger partial charge in [0.1, 0.15) is 11.0 Å². The van der Waals surface area contributed by atoms with Crippen LogP contribution in [0, 0.1) is 6.92 Å². The molecule has 0 spiro atoms. The normalized spacial score (nSPS) is 13.1. The summed E-state index contributed by atoms with van der Waals surface area (Å²) in [6, 6.07) is 61.8. The van der Waals surface area contributed by atoms with Gasteiger partial charge in [-0.05, 0) is 84.7 Å². The Hall–Kier alpha value is -6.92. The average Bonchev–Trinajstić information content (AvgIpc) is 3.75. The van der Waals surface area contributed by atoms with Gasteiger partial charge in [0.2, 0.25) is 0 Å². The van der Waals surface area contributed by atoms with Crippen LogP contribution in [-0.2, 0) is 6.42 Å². The molecule has 2 aromatic heterocycles. The standard InChI is InChI=1S/C37H26N2O.C13H12.H4N2/c1-24-16-18-27(19-17-24)39-33-14-8-6-12-28(33)31-22-34-30(21-35(31)39)25(2)20-37-32(29-13-7-9-15-36(29)40-37)23-38(34)26-10-4-3-5-11-26;1-3-7-12(8-4-1)11-13-9-5-2-6-10-13;1-2/h3-23H,2H2,1H3;1-10H,11H2;1-2H2/b32-23-,37-20+;;. The molecule has 3 heterocycles. The third kappa shape index (κ3) is 6.98. The largest absolute Gasteiger partial charge is 0.456 e. The highest BCUT2D eigenvalue weighted by Crippen LogP contribution is 2.41. The number of anilines is 2. The first-order valence-electron chi connectivity index (χ1n) is 18.4. The lowest BCUT2D eigenvalue weighted by Crippen LogP contribution is -2.27. The van der Waals surface area contributed by atoms with E-state index in [2.05, 4.69) is 211 Å². The number of fused-ring (bicyclic) bond motifs is 7. The van der Waals surface area contributed by atoms with Gasteiger partial charge in [0.05, 0.1) is 16.7 Å². The molecule has 1 aliphatic heterocycles. The molecule has 9 aromatic rings. The lowest BCUT2D eigenvalue weighted by Gasteiger charge is -2.25. The summed E-state index contributed by atoms with van der Waals surface area (Å²) in [6.45, 7) is 6.69. The van der Waals surface area contributed by atoms with Crippen molar-refractivity contribution < 1.29 is 4.42 Å². The van der Waals surface area contributed by atoms with Crippen LogP contribution < -0.4 is 27.2 Å². The van der Waals surface area contributed by atoms with Crippen molar-refractivity contribution in [3.8, 4) is 5.69 Å². The molecular weight excluding hydrogens is 673 g/mol. The molecule has 0 amide bonds. The number of hydrazine groups is 1. The Morgan fingerprint density at radius 2 is 1.15 bits per heavy atom. The number of allylic oxidation sites excluding steroid dienone is 1. The molecule has 7 aromatic carbocycles. The number of nitrogens with zero attached hydrogens (tertiary/aromatic N) is 2. The smallest absolute Gasteiger partial charge is 0.137 e. The van der Waals surface area contributed by atoms with Crippen LogP contribution in [0.4, 0.5) is 11.4 Å². The van der Waals surface area contributed by atoms with Crippen molar-refractivity contribution in [3.05, 3.63) is 215 Å². The van der Waals surface area contributed by atoms with E-state index in [-0.39, 0.29) is 0 Å². The van der Waals surface area contributed by atoms with E-state index in [1.54, 1.807) is 0 Å². The summed E-state index contributed by atoms with van der Waals surface area (Å²) in [7, 11) is 0. The Labute approximate surface area is 321 Å². The Bertz CT molecular complexity index is 2840. The molecule has 0 atom stereocenters. The maximum Gasteiger partial charge on any atom is 0.137 e. The minimum Gasteiger partial charge on any atom is -0.456 e. The zero-order chi connectivity index (χ0) is 37.7. The van der Waals surface area contributed by atoms with Crippen molar-refractivity contribution in [2.75, 3.05) is 4.90 Å². The topological polar surface area (TPSA) is 73.3 Å². The quantitative estimate of drug-likeness (QED) is 0.141. The van der Waals surface area contributed by atoms with Gasteiger partial charge in [-0.1, -0.05) is 140 Å². The van der Waals surface area contributed by atoms with Gasteiger partial charge in [0.15, 0.2) is 0 Å². The number of nitrogens with two attached hydrogens (primary N) is 2. The van der Waals surface area contributed by atoms with E-state index in [1.807, 2.05) is 12.1 Å². The lowest BCUT2D eigenvalue weighted by molar-refractivity contribution is 0.576. The lowest BCUT2D eigenvalue weighted by atomic mass is 9.99. The SMILES string of the molecule is C=C1/C=c2/oc3ccccc3/c2=C/N(c2ccccc2)c2cc3c4ccccc4n(-c4ccc(C)cc4)c3cc21.NN.c1ccc(Cc2ccccc2)cc1. The van der Waals surface area contributed by atoms with E-state index < -0.39 is 0 Å². The van der Waals surface area contributed by atoms with Crippen molar-refractivity contribution in [1.29, 1.82) is 0 Å². The van der Waals surface area contributed by atoms with Crippen LogP contribution in [0.25, 0.3) is 56.3 Å². The molecule has 55 heavy (non-hydrogen) atoms. The summed E-state index contributed by atoms with van der Waals surface area (Å²) in [5.41, 5.74) is 13.3. The minimum atomic E-state index is 0.817. The van der Waals surface area contributed by atoms with E-state index in [1.165, 1.54) is 33.0 Å². The number of rotatable bonds is 4. The first kappa shape index (κ1) is 35.1. The molecule has 0 radical (unpaired) electrons. The van der Waals surface area contributed by atoms with Crippen molar-refractivity contribution in [3.63, 3.8) is 0 Å². The second-order valence-corrected chi connectivity index (χ2v) is 13.6. The molecule has 0 unspecified atom stereocenters. The molecule has 0 bridgehead atoms. The van der Waals surface area contributed by atoms with E-state index in [4.69, 9.17) is 4.42 Å². The molecule has 1 aliphatic rings. The zero-order valence-corrected chi connectivity index (χ0v) is 30.8. The van der Waals surface area contributed by atoms with E-state index in [0.717, 1.165) is 61.7 Å². The van der Waals surface area contributed by atoms with Gasteiger partial charge >= 0.3 is 0 Å². The second kappa shape index (κ2) is 15.6. The molecule has 5 nitrogen and oxygen atoms in total. The predicted molar refractivity (Wildman–Crippen MR) is 232 cm³/mol. The Balaban J connectivity index is 0.000000240.